The maximum absolute atomic E-state index is 12.8. The second-order valence-corrected chi connectivity index (χ2v) is 16.9. The molecule has 0 saturated heterocycles. The molecule has 0 bridgehead atoms. The van der Waals surface area contributed by atoms with Crippen LogP contribution in [0.15, 0.2) is 0 Å². The first-order valence-electron chi connectivity index (χ1n) is 26.1. The predicted molar refractivity (Wildman–Crippen MR) is 260 cm³/mol. The third kappa shape index (κ3) is 45.4. The molecular weight excluding hydrogens is 797 g/mol. The second-order valence-electron chi connectivity index (χ2n) is 16.9. The predicted octanol–water partition coefficient (Wildman–Crippen LogP) is 13.2. The summed E-state index contributed by atoms with van der Waals surface area (Å²) in [5.41, 5.74) is 0. The first-order chi connectivity index (χ1) is 30.5. The highest BCUT2D eigenvalue weighted by Crippen LogP contribution is 2.14. The second kappa shape index (κ2) is 50.0. The van der Waals surface area contributed by atoms with Crippen LogP contribution in [-0.4, -0.2) is 89.8 Å². The van der Waals surface area contributed by atoms with Gasteiger partial charge in [0.2, 0.25) is 11.8 Å². The standard InChI is InChI=1S/C42H80N2O6.C8H14O3.C2H6/c1-5-9-13-25-33-43(34-26-14-10-6-2)39(45)29-21-17-19-23-31-41(47)49-37-38-50-42(48)32-24-20-18-22-30-40(46)44(35-27-15-11-7-3)36-28-16-12-8-4;1-3-6(2)7(9)4-5-8(10)11;1-2/h5-38H2,1-4H3;6H,3-5H2,1-2H3,(H,10,11);1-2H3. The lowest BCUT2D eigenvalue weighted by atomic mass is 10.0. The fourth-order valence-corrected chi connectivity index (χ4v) is 6.91. The quantitative estimate of drug-likeness (QED) is 0.0467. The molecule has 0 aliphatic heterocycles. The van der Waals surface area contributed by atoms with Crippen molar-refractivity contribution < 1.29 is 43.3 Å². The Morgan fingerprint density at radius 2 is 0.714 bits per heavy atom. The molecule has 0 heterocycles. The monoisotopic (exact) mass is 897 g/mol. The Hall–Kier alpha value is -2.98. The van der Waals surface area contributed by atoms with Gasteiger partial charge in [-0.2, -0.15) is 0 Å². The number of esters is 2. The third-order valence-electron chi connectivity index (χ3n) is 11.2. The summed E-state index contributed by atoms with van der Waals surface area (Å²) in [6.45, 7) is 20.3. The molecule has 0 spiro atoms. The molecule has 0 aliphatic carbocycles. The summed E-state index contributed by atoms with van der Waals surface area (Å²) in [4.78, 5) is 75.1. The lowest BCUT2D eigenvalue weighted by molar-refractivity contribution is -0.152. The van der Waals surface area contributed by atoms with E-state index in [1.807, 2.05) is 27.7 Å². The largest absolute Gasteiger partial charge is 0.481 e. The first kappa shape index (κ1) is 64.3. The van der Waals surface area contributed by atoms with E-state index < -0.39 is 5.97 Å². The molecule has 11 nitrogen and oxygen atoms in total. The maximum Gasteiger partial charge on any atom is 0.305 e. The molecule has 1 unspecified atom stereocenters. The van der Waals surface area contributed by atoms with Gasteiger partial charge in [-0.05, 0) is 57.8 Å². The molecule has 372 valence electrons. The summed E-state index contributed by atoms with van der Waals surface area (Å²) in [5, 5.41) is 8.26. The van der Waals surface area contributed by atoms with Crippen molar-refractivity contribution in [3.8, 4) is 0 Å². The Labute approximate surface area is 387 Å². The van der Waals surface area contributed by atoms with Crippen molar-refractivity contribution in [3.63, 3.8) is 0 Å². The van der Waals surface area contributed by atoms with E-state index in [1.165, 1.54) is 77.0 Å². The minimum atomic E-state index is -0.901. The number of carboxylic acid groups (broad SMARTS) is 1. The van der Waals surface area contributed by atoms with Crippen LogP contribution in [-0.2, 0) is 38.2 Å². The number of amides is 2. The van der Waals surface area contributed by atoms with Gasteiger partial charge in [0, 0.05) is 64.2 Å². The molecule has 1 N–H and O–H groups in total. The fraction of sp³-hybridized carbons (Fsp3) is 0.885. The number of aliphatic carboxylic acids is 1. The molecule has 0 aliphatic rings. The number of hydrogen-bond donors (Lipinski definition) is 1. The molecule has 0 aromatic rings. The highest BCUT2D eigenvalue weighted by Gasteiger charge is 2.15. The van der Waals surface area contributed by atoms with Gasteiger partial charge in [0.05, 0.1) is 6.42 Å². The van der Waals surface area contributed by atoms with Crippen LogP contribution in [0.3, 0.4) is 0 Å². The molecule has 0 rings (SSSR count). The van der Waals surface area contributed by atoms with E-state index in [-0.39, 0.29) is 61.5 Å². The molecule has 0 radical (unpaired) electrons. The summed E-state index contributed by atoms with van der Waals surface area (Å²) < 4.78 is 10.5. The van der Waals surface area contributed by atoms with Gasteiger partial charge in [0.1, 0.15) is 19.0 Å². The average Bonchev–Trinajstić information content (AvgIpc) is 3.28. The molecule has 2 amide bonds. The number of ether oxygens (including phenoxy) is 2. The highest BCUT2D eigenvalue weighted by molar-refractivity contribution is 5.84. The zero-order valence-corrected chi connectivity index (χ0v) is 42.3. The van der Waals surface area contributed by atoms with E-state index in [2.05, 4.69) is 37.5 Å². The van der Waals surface area contributed by atoms with Gasteiger partial charge in [-0.1, -0.05) is 158 Å². The van der Waals surface area contributed by atoms with Crippen molar-refractivity contribution >= 4 is 35.5 Å². The van der Waals surface area contributed by atoms with Gasteiger partial charge in [-0.15, -0.1) is 0 Å². The Kier molecular flexibility index (Phi) is 51.1. The minimum Gasteiger partial charge on any atom is -0.481 e. The normalized spacial score (nSPS) is 11.0. The number of carbonyl (C=O) groups excluding carboxylic acids is 5. The van der Waals surface area contributed by atoms with Gasteiger partial charge in [-0.25, -0.2) is 0 Å². The van der Waals surface area contributed by atoms with Crippen LogP contribution < -0.4 is 0 Å². The van der Waals surface area contributed by atoms with Crippen LogP contribution in [0.25, 0.3) is 0 Å². The van der Waals surface area contributed by atoms with Gasteiger partial charge < -0.3 is 24.4 Å². The number of carbonyl (C=O) groups is 6. The number of carboxylic acids is 1. The Balaban J connectivity index is -0.00000239. The number of unbranched alkanes of at least 4 members (excludes halogenated alkanes) is 18. The van der Waals surface area contributed by atoms with Gasteiger partial charge in [0.15, 0.2) is 0 Å². The summed E-state index contributed by atoms with van der Waals surface area (Å²) >= 11 is 0. The zero-order valence-electron chi connectivity index (χ0n) is 42.3. The Bertz CT molecular complexity index is 1010. The zero-order chi connectivity index (χ0) is 47.8. The van der Waals surface area contributed by atoms with Crippen molar-refractivity contribution in [1.82, 2.24) is 9.80 Å². The molecule has 0 saturated carbocycles. The van der Waals surface area contributed by atoms with E-state index in [4.69, 9.17) is 14.6 Å². The SMILES string of the molecule is CC.CCC(C)C(=O)CCC(=O)O.CCCCCCN(CCCCCC)C(=O)CCCCCCC(=O)OCCOC(=O)CCCCCCC(=O)N(CCCCCC)CCCCCC. The first-order valence-corrected chi connectivity index (χ1v) is 26.1. The molecule has 1 atom stereocenters. The van der Waals surface area contributed by atoms with E-state index in [9.17, 15) is 28.8 Å². The summed E-state index contributed by atoms with van der Waals surface area (Å²) in [5.74, 6) is -0.815. The lowest BCUT2D eigenvalue weighted by Gasteiger charge is -2.23. The van der Waals surface area contributed by atoms with Gasteiger partial charge >= 0.3 is 17.9 Å². The number of nitrogens with zero attached hydrogens (tertiary/aromatic N) is 2. The van der Waals surface area contributed by atoms with Crippen molar-refractivity contribution in [2.45, 2.75) is 254 Å². The number of hydrogen-bond acceptors (Lipinski definition) is 8. The third-order valence-corrected chi connectivity index (χ3v) is 11.2. The van der Waals surface area contributed by atoms with E-state index in [1.54, 1.807) is 0 Å². The average molecular weight is 897 g/mol. The topological polar surface area (TPSA) is 148 Å². The lowest BCUT2D eigenvalue weighted by Crippen LogP contribution is -2.32. The van der Waals surface area contributed by atoms with Crippen molar-refractivity contribution in [2.75, 3.05) is 39.4 Å². The number of Topliss-reactive ketones (excluding diaryl/α,β-unsaturated/α-hetero) is 1. The number of rotatable bonds is 42. The highest BCUT2D eigenvalue weighted by atomic mass is 16.6. The van der Waals surface area contributed by atoms with Gasteiger partial charge in [-0.3, -0.25) is 28.8 Å². The number of ketones is 1. The van der Waals surface area contributed by atoms with Crippen LogP contribution in [0, 0.1) is 5.92 Å². The van der Waals surface area contributed by atoms with Crippen LogP contribution in [0.2, 0.25) is 0 Å². The Morgan fingerprint density at radius 1 is 0.413 bits per heavy atom. The molecule has 0 fully saturated rings. The molecular formula is C52H100N2O9. The molecule has 0 aromatic heterocycles. The van der Waals surface area contributed by atoms with E-state index in [0.29, 0.717) is 25.7 Å². The Morgan fingerprint density at radius 3 is 1.00 bits per heavy atom. The van der Waals surface area contributed by atoms with Crippen LogP contribution in [0.5, 0.6) is 0 Å². The minimum absolute atomic E-state index is 0.00866. The van der Waals surface area contributed by atoms with Gasteiger partial charge in [0.25, 0.3) is 0 Å². The van der Waals surface area contributed by atoms with Crippen LogP contribution >= 0.6 is 0 Å². The molecule has 11 heteroatoms. The summed E-state index contributed by atoms with van der Waals surface area (Å²) in [6, 6.07) is 0. The fourth-order valence-electron chi connectivity index (χ4n) is 6.91. The van der Waals surface area contributed by atoms with Crippen molar-refractivity contribution in [3.05, 3.63) is 0 Å². The smallest absolute Gasteiger partial charge is 0.305 e. The molecule has 0 aromatic carbocycles. The van der Waals surface area contributed by atoms with Crippen LogP contribution in [0.4, 0.5) is 0 Å². The van der Waals surface area contributed by atoms with Crippen molar-refractivity contribution in [1.29, 1.82) is 0 Å². The van der Waals surface area contributed by atoms with Crippen LogP contribution in [0.1, 0.15) is 254 Å². The van der Waals surface area contributed by atoms with E-state index in [0.717, 1.165) is 110 Å². The van der Waals surface area contributed by atoms with Crippen molar-refractivity contribution in [2.24, 2.45) is 5.92 Å². The van der Waals surface area contributed by atoms with E-state index >= 15 is 0 Å². The maximum atomic E-state index is 12.8. The molecule has 63 heavy (non-hydrogen) atoms. The summed E-state index contributed by atoms with van der Waals surface area (Å²) in [6.07, 6.45) is 28.6. The summed E-state index contributed by atoms with van der Waals surface area (Å²) in [7, 11) is 0.